The van der Waals surface area contributed by atoms with E-state index in [4.69, 9.17) is 10.7 Å². The summed E-state index contributed by atoms with van der Waals surface area (Å²) in [4.78, 5) is 72.5. The number of amides is 1. The van der Waals surface area contributed by atoms with Crippen molar-refractivity contribution in [2.75, 3.05) is 27.9 Å². The number of nitrogens with zero attached hydrogens (tertiary/aromatic N) is 3. The molecule has 4 atom stereocenters. The number of methoxy groups -OCH3 is 3. The second kappa shape index (κ2) is 59.3. The highest BCUT2D eigenvalue weighted by atomic mass is 35.7. The Hall–Kier alpha value is 3.36. The smallest absolute Gasteiger partial charge is 0.332 e. The molecule has 2 heterocycles. The van der Waals surface area contributed by atoms with E-state index in [0.29, 0.717) is 11.1 Å². The summed E-state index contributed by atoms with van der Waals surface area (Å²) in [5, 5.41) is 36.9. The molecule has 2 fully saturated rings. The number of nitro groups is 3. The first-order valence-corrected chi connectivity index (χ1v) is 44.0. The molecule has 0 aromatic rings. The molecule has 2 aliphatic rings. The molecule has 0 aromatic heterocycles. The van der Waals surface area contributed by atoms with Crippen molar-refractivity contribution in [3.05, 3.63) is 42.5 Å². The average molecular weight is 1530 g/mol. The molecule has 1 amide bonds. The molecule has 18 nitrogen and oxygen atoms in total. The molecule has 0 aromatic carbocycles. The van der Waals surface area contributed by atoms with Crippen LogP contribution in [0.3, 0.4) is 0 Å². The Morgan fingerprint density at radius 1 is 0.692 bits per heavy atom. The Bertz CT molecular complexity index is 1570. The molecule has 78 heavy (non-hydrogen) atoms. The maximum absolute atomic E-state index is 11.0. The highest BCUT2D eigenvalue weighted by Gasteiger charge is 2.36. The van der Waals surface area contributed by atoms with E-state index in [0.717, 1.165) is 12.3 Å². The van der Waals surface area contributed by atoms with E-state index in [-0.39, 0.29) is 104 Å². The second-order valence-electron chi connectivity index (χ2n) is 18.2. The van der Waals surface area contributed by atoms with Crippen molar-refractivity contribution in [2.45, 2.75) is 158 Å². The van der Waals surface area contributed by atoms with Crippen LogP contribution in [-0.2, 0) is 33.4 Å². The summed E-state index contributed by atoms with van der Waals surface area (Å²) in [5.41, 5.74) is -1.26. The van der Waals surface area contributed by atoms with Gasteiger partial charge in [0.15, 0.2) is 0 Å². The minimum absolute atomic E-state index is 0. The summed E-state index contributed by atoms with van der Waals surface area (Å²) in [6.07, 6.45) is 2.66. The van der Waals surface area contributed by atoms with Gasteiger partial charge in [-0.25, -0.2) is 4.79 Å². The van der Waals surface area contributed by atoms with Gasteiger partial charge in [0.25, 0.3) is 0 Å². The standard InChI is InChI=1S/2C8H15NO4.C7H13NO.C7H15N.C5H8O2.C3H7NO2.ClHS17.ClH.3H2S/c2*1-6(7(10)13-4)5-8(2,3)9(11)12;1-5-4-7(2,3)8-6(5)9;1-6-4-7(2,3)8-5-6;1-4(2)5(6)7-3;1-3(2)4(5)6;1-3-5-7-9-11-13-15-17-18-16-14-12-10-8-6-4-2;;;;/h2*6H,5H2,1-4H3;5H,4H2,1-3H3,(H,8,9);6,8H,4-5H2,1-3H3;1H2,2-3H3;3H,1-2H3;2H;1H;3*1H2/t6-;;5-;6-;;;;;;;/m0.00......./s1. The van der Waals surface area contributed by atoms with Crippen LogP contribution in [0.5, 0.6) is 0 Å². The van der Waals surface area contributed by atoms with E-state index in [1.807, 2.05) is 6.92 Å². The van der Waals surface area contributed by atoms with Crippen molar-refractivity contribution in [1.29, 1.82) is 0 Å². The van der Waals surface area contributed by atoms with Crippen LogP contribution < -0.4 is 10.6 Å². The van der Waals surface area contributed by atoms with E-state index in [2.05, 4.69) is 77.7 Å². The molecular weight excluding hydrogens is 1450 g/mol. The number of ether oxygens (including phenoxy) is 3. The van der Waals surface area contributed by atoms with Gasteiger partial charge in [0.1, 0.15) is 0 Å². The SMILES string of the molecule is C=C(C)C(=O)OC.CC(C)[N+](=O)[O-].COC(=O)C(C)CC(C)(C)[N+](=O)[O-].COC(=O)[C@@H](C)CC(C)(C)[N+](=O)[O-].C[C@@H]1CNC(C)(C)C1.C[C@H]1CC(C)(C)NC1=O.Cl.S.S.S.SSSSSSSSSSSSSSSSSCl. The van der Waals surface area contributed by atoms with Gasteiger partial charge in [0.2, 0.25) is 23.0 Å². The lowest BCUT2D eigenvalue weighted by Crippen LogP contribution is -2.35. The van der Waals surface area contributed by atoms with Gasteiger partial charge in [-0.15, -0.1) is 12.4 Å². The Balaban J connectivity index is -0.000000104. The normalized spacial score (nSPS) is 15.8. The van der Waals surface area contributed by atoms with Crippen LogP contribution in [0.2, 0.25) is 0 Å². The van der Waals surface area contributed by atoms with Gasteiger partial charge in [-0.3, -0.25) is 44.7 Å². The van der Waals surface area contributed by atoms with Crippen LogP contribution in [0.25, 0.3) is 0 Å². The first-order valence-electron chi connectivity index (χ1n) is 21.3. The van der Waals surface area contributed by atoms with E-state index >= 15 is 0 Å². The Labute approximate surface area is 560 Å². The van der Waals surface area contributed by atoms with Gasteiger partial charge >= 0.3 is 17.9 Å². The predicted molar refractivity (Wildman–Crippen MR) is 389 cm³/mol. The molecule has 0 aliphatic carbocycles. The van der Waals surface area contributed by atoms with Crippen LogP contribution in [-0.4, -0.2) is 94.7 Å². The first-order chi connectivity index (χ1) is 34.0. The van der Waals surface area contributed by atoms with Crippen molar-refractivity contribution in [3.63, 3.8) is 0 Å². The number of carbonyl (C=O) groups excluding carboxylic acids is 4. The van der Waals surface area contributed by atoms with Gasteiger partial charge in [0, 0.05) is 171 Å². The number of esters is 3. The van der Waals surface area contributed by atoms with Gasteiger partial charge in [-0.05, 0) is 149 Å². The van der Waals surface area contributed by atoms with Gasteiger partial charge in [-0.2, -0.15) is 40.5 Å². The summed E-state index contributed by atoms with van der Waals surface area (Å²) >= 11 is 4.04. The fourth-order valence-corrected chi connectivity index (χ4v) is 43.9. The molecule has 2 saturated heterocycles. The van der Waals surface area contributed by atoms with Crippen LogP contribution in [0.1, 0.15) is 130 Å². The molecule has 0 spiro atoms. The van der Waals surface area contributed by atoms with E-state index in [9.17, 15) is 49.5 Å². The zero-order valence-corrected chi connectivity index (χ0v) is 65.1. The Morgan fingerprint density at radius 3 is 1.15 bits per heavy atom. The molecule has 2 aliphatic heterocycles. The number of rotatable bonds is 25. The number of carbonyl (C=O) groups is 4. The van der Waals surface area contributed by atoms with Crippen molar-refractivity contribution in [2.24, 2.45) is 23.7 Å². The van der Waals surface area contributed by atoms with Crippen molar-refractivity contribution < 1.29 is 48.2 Å². The number of nitrogens with one attached hydrogen (secondary N) is 2. The lowest BCUT2D eigenvalue weighted by atomic mass is 9.92. The van der Waals surface area contributed by atoms with E-state index < -0.39 is 40.9 Å². The van der Waals surface area contributed by atoms with Crippen molar-refractivity contribution in [3.8, 4) is 0 Å². The summed E-state index contributed by atoms with van der Waals surface area (Å²) in [6, 6.07) is -0.426. The van der Waals surface area contributed by atoms with Crippen LogP contribution in [0, 0.1) is 54.0 Å². The molecule has 0 radical (unpaired) electrons. The zero-order valence-electron chi connectivity index (χ0n) is 46.5. The molecule has 40 heteroatoms. The largest absolute Gasteiger partial charge is 0.469 e. The second-order valence-corrected chi connectivity index (χ2v) is 46.5. The Morgan fingerprint density at radius 2 is 1.01 bits per heavy atom. The summed E-state index contributed by atoms with van der Waals surface area (Å²) in [6.45, 7) is 31.3. The van der Waals surface area contributed by atoms with Gasteiger partial charge in [-0.1, -0.05) is 45.9 Å². The summed E-state index contributed by atoms with van der Waals surface area (Å²) in [5.74, 6) is -0.759. The number of halogens is 2. The van der Waals surface area contributed by atoms with Gasteiger partial charge < -0.3 is 24.8 Å². The third-order valence-corrected chi connectivity index (χ3v) is 42.1. The fraction of sp³-hybridized carbons (Fsp3) is 0.842. The van der Waals surface area contributed by atoms with E-state index in [1.165, 1.54) is 81.8 Å². The maximum atomic E-state index is 11.0. The molecule has 2 N–H and O–H groups in total. The molecule has 0 bridgehead atoms. The number of thiol groups is 1. The van der Waals surface area contributed by atoms with Crippen LogP contribution in [0.15, 0.2) is 12.2 Å². The molecular formula is C38H81Cl2N5O13S20. The predicted octanol–water partition coefficient (Wildman–Crippen LogP) is 18.4. The molecule has 2 rings (SSSR count). The third kappa shape index (κ3) is 63.9. The monoisotopic (exact) mass is 1520 g/mol. The molecule has 1 unspecified atom stereocenters. The number of hydrogen-bond acceptors (Lipinski definition) is 31. The van der Waals surface area contributed by atoms with E-state index in [1.54, 1.807) is 172 Å². The Kier molecular flexibility index (Phi) is 76.3. The molecule has 0 saturated carbocycles. The molecule has 470 valence electrons. The summed E-state index contributed by atoms with van der Waals surface area (Å²) in [7, 11) is 36.5. The third-order valence-electron chi connectivity index (χ3n) is 8.69. The maximum Gasteiger partial charge on any atom is 0.332 e. The zero-order chi connectivity index (χ0) is 58.9. The minimum atomic E-state index is -1.08. The highest BCUT2D eigenvalue weighted by Crippen LogP contribution is 2.64. The van der Waals surface area contributed by atoms with Crippen molar-refractivity contribution in [1.82, 2.24) is 10.6 Å². The summed E-state index contributed by atoms with van der Waals surface area (Å²) < 4.78 is 13.2. The fourth-order valence-electron chi connectivity index (χ4n) is 5.38. The first kappa shape index (κ1) is 100. The van der Waals surface area contributed by atoms with Crippen molar-refractivity contribution >= 4 is 256 Å². The topological polar surface area (TPSA) is 249 Å². The van der Waals surface area contributed by atoms with Crippen LogP contribution >= 0.6 is 233 Å². The number of hydrogen-bond donors (Lipinski definition) is 3. The highest BCUT2D eigenvalue weighted by molar-refractivity contribution is 9.57. The van der Waals surface area contributed by atoms with Crippen LogP contribution in [0.4, 0.5) is 0 Å². The lowest BCUT2D eigenvalue weighted by Gasteiger charge is -2.18. The van der Waals surface area contributed by atoms with Gasteiger partial charge in [0.05, 0.1) is 33.2 Å². The quantitative estimate of drug-likeness (QED) is 0.0112. The lowest BCUT2D eigenvalue weighted by molar-refractivity contribution is -0.562. The average Bonchev–Trinajstić information content (AvgIpc) is 3.76. The minimum Gasteiger partial charge on any atom is -0.469 e.